The lowest BCUT2D eigenvalue weighted by Crippen LogP contribution is -2.64. The number of benzene rings is 1. The molecule has 0 radical (unpaired) electrons. The van der Waals surface area contributed by atoms with E-state index in [0.29, 0.717) is 11.3 Å². The third-order valence-electron chi connectivity index (χ3n) is 3.52. The molecule has 0 unspecified atom stereocenters. The fourth-order valence-corrected chi connectivity index (χ4v) is 2.26. The first-order chi connectivity index (χ1) is 9.23. The third-order valence-corrected chi connectivity index (χ3v) is 3.52. The Morgan fingerprint density at radius 2 is 2.00 bits per heavy atom. The first-order valence-corrected chi connectivity index (χ1v) is 6.19. The Morgan fingerprint density at radius 1 is 1.35 bits per heavy atom. The van der Waals surface area contributed by atoms with Gasteiger partial charge in [-0.25, -0.2) is 4.79 Å². The number of carboxylic acid groups (broad SMARTS) is 1. The molecule has 1 saturated heterocycles. The van der Waals surface area contributed by atoms with Crippen molar-refractivity contribution >= 4 is 23.5 Å². The van der Waals surface area contributed by atoms with Crippen molar-refractivity contribution in [1.82, 2.24) is 5.32 Å². The lowest BCUT2D eigenvalue weighted by molar-refractivity contribution is -0.135. The van der Waals surface area contributed by atoms with Gasteiger partial charge < -0.3 is 10.0 Å². The fourth-order valence-electron chi connectivity index (χ4n) is 2.26. The van der Waals surface area contributed by atoms with Gasteiger partial charge in [0.05, 0.1) is 12.1 Å². The van der Waals surface area contributed by atoms with Crippen LogP contribution in [0.3, 0.4) is 0 Å². The second-order valence-electron chi connectivity index (χ2n) is 5.33. The van der Waals surface area contributed by atoms with Crippen LogP contribution in [0.2, 0.25) is 0 Å². The summed E-state index contributed by atoms with van der Waals surface area (Å²) in [5, 5.41) is 11.3. The van der Waals surface area contributed by atoms with Gasteiger partial charge in [0.2, 0.25) is 5.91 Å². The normalized spacial score (nSPS) is 17.9. The van der Waals surface area contributed by atoms with Crippen LogP contribution in [-0.2, 0) is 9.59 Å². The van der Waals surface area contributed by atoms with Gasteiger partial charge in [0.15, 0.2) is 0 Å². The van der Waals surface area contributed by atoms with E-state index >= 15 is 0 Å². The maximum absolute atomic E-state index is 11.9. The summed E-state index contributed by atoms with van der Waals surface area (Å²) in [4.78, 5) is 36.1. The van der Waals surface area contributed by atoms with Crippen molar-refractivity contribution in [2.24, 2.45) is 0 Å². The number of carbonyl (C=O) groups excluding carboxylic acids is 2. The number of carboxylic acids is 1. The SMILES string of the molecule is Cc1cc(C(=O)O)ccc1N1CC(=O)NC(=O)C1(C)C. The predicted octanol–water partition coefficient (Wildman–Crippen LogP) is 0.935. The average Bonchev–Trinajstić information content (AvgIpc) is 2.34. The van der Waals surface area contributed by atoms with Crippen LogP contribution in [-0.4, -0.2) is 35.0 Å². The van der Waals surface area contributed by atoms with E-state index in [2.05, 4.69) is 5.32 Å². The summed E-state index contributed by atoms with van der Waals surface area (Å²) in [7, 11) is 0. The number of amides is 2. The molecule has 0 spiro atoms. The van der Waals surface area contributed by atoms with Crippen molar-refractivity contribution in [1.29, 1.82) is 0 Å². The lowest BCUT2D eigenvalue weighted by Gasteiger charge is -2.42. The van der Waals surface area contributed by atoms with E-state index in [0.717, 1.165) is 0 Å². The smallest absolute Gasteiger partial charge is 0.335 e. The average molecular weight is 276 g/mol. The first kappa shape index (κ1) is 14.0. The minimum Gasteiger partial charge on any atom is -0.478 e. The molecule has 0 aromatic heterocycles. The van der Waals surface area contributed by atoms with Crippen LogP contribution in [0.15, 0.2) is 18.2 Å². The highest BCUT2D eigenvalue weighted by molar-refractivity contribution is 6.07. The zero-order chi connectivity index (χ0) is 15.1. The van der Waals surface area contributed by atoms with Crippen LogP contribution in [0, 0.1) is 6.92 Å². The largest absolute Gasteiger partial charge is 0.478 e. The molecule has 6 nitrogen and oxygen atoms in total. The van der Waals surface area contributed by atoms with Gasteiger partial charge in [0.25, 0.3) is 5.91 Å². The molecule has 20 heavy (non-hydrogen) atoms. The first-order valence-electron chi connectivity index (χ1n) is 6.19. The lowest BCUT2D eigenvalue weighted by atomic mass is 9.96. The number of anilines is 1. The number of nitrogens with zero attached hydrogens (tertiary/aromatic N) is 1. The number of hydrogen-bond donors (Lipinski definition) is 2. The monoisotopic (exact) mass is 276 g/mol. The Morgan fingerprint density at radius 3 is 2.55 bits per heavy atom. The molecule has 1 aromatic rings. The van der Waals surface area contributed by atoms with E-state index in [1.165, 1.54) is 12.1 Å². The van der Waals surface area contributed by atoms with Gasteiger partial charge in [0.1, 0.15) is 5.54 Å². The molecule has 2 amide bonds. The molecule has 2 N–H and O–H groups in total. The Kier molecular flexibility index (Phi) is 3.25. The summed E-state index contributed by atoms with van der Waals surface area (Å²) >= 11 is 0. The number of aryl methyl sites for hydroxylation is 1. The summed E-state index contributed by atoms with van der Waals surface area (Å²) in [5.74, 6) is -1.74. The molecular weight excluding hydrogens is 260 g/mol. The maximum atomic E-state index is 11.9. The van der Waals surface area contributed by atoms with Crippen molar-refractivity contribution in [3.8, 4) is 0 Å². The Bertz CT molecular complexity index is 607. The van der Waals surface area contributed by atoms with E-state index in [-0.39, 0.29) is 23.9 Å². The molecule has 2 rings (SSSR count). The third kappa shape index (κ3) is 2.24. The topological polar surface area (TPSA) is 86.7 Å². The van der Waals surface area contributed by atoms with Gasteiger partial charge in [-0.15, -0.1) is 0 Å². The molecule has 0 atom stereocenters. The van der Waals surface area contributed by atoms with Crippen molar-refractivity contribution in [3.63, 3.8) is 0 Å². The molecule has 6 heteroatoms. The van der Waals surface area contributed by atoms with Crippen LogP contribution in [0.5, 0.6) is 0 Å². The second-order valence-corrected chi connectivity index (χ2v) is 5.33. The van der Waals surface area contributed by atoms with E-state index in [1.54, 1.807) is 31.7 Å². The molecular formula is C14H16N2O4. The van der Waals surface area contributed by atoms with E-state index < -0.39 is 11.5 Å². The van der Waals surface area contributed by atoms with Gasteiger partial charge in [0, 0.05) is 5.69 Å². The van der Waals surface area contributed by atoms with Gasteiger partial charge in [-0.3, -0.25) is 14.9 Å². The summed E-state index contributed by atoms with van der Waals surface area (Å²) in [6.07, 6.45) is 0. The summed E-state index contributed by atoms with van der Waals surface area (Å²) < 4.78 is 0. The molecule has 1 aliphatic rings. The van der Waals surface area contributed by atoms with Gasteiger partial charge in [-0.05, 0) is 44.5 Å². The molecule has 0 saturated carbocycles. The van der Waals surface area contributed by atoms with Crippen LogP contribution >= 0.6 is 0 Å². The zero-order valence-electron chi connectivity index (χ0n) is 11.6. The number of piperazine rings is 1. The number of rotatable bonds is 2. The van der Waals surface area contributed by atoms with Crippen LogP contribution in [0.4, 0.5) is 5.69 Å². The second kappa shape index (κ2) is 4.63. The van der Waals surface area contributed by atoms with Gasteiger partial charge in [-0.2, -0.15) is 0 Å². The van der Waals surface area contributed by atoms with Crippen LogP contribution < -0.4 is 10.2 Å². The Labute approximate surface area is 116 Å². The van der Waals surface area contributed by atoms with Gasteiger partial charge >= 0.3 is 5.97 Å². The number of imide groups is 1. The highest BCUT2D eigenvalue weighted by atomic mass is 16.4. The van der Waals surface area contributed by atoms with E-state index in [4.69, 9.17) is 5.11 Å². The van der Waals surface area contributed by atoms with E-state index in [1.807, 2.05) is 0 Å². The maximum Gasteiger partial charge on any atom is 0.335 e. The number of nitrogens with one attached hydrogen (secondary N) is 1. The summed E-state index contributed by atoms with van der Waals surface area (Å²) in [6.45, 7) is 5.26. The van der Waals surface area contributed by atoms with Crippen molar-refractivity contribution in [2.75, 3.05) is 11.4 Å². The quantitative estimate of drug-likeness (QED) is 0.785. The fraction of sp³-hybridized carbons (Fsp3) is 0.357. The highest BCUT2D eigenvalue weighted by Crippen LogP contribution is 2.29. The molecule has 1 fully saturated rings. The zero-order valence-corrected chi connectivity index (χ0v) is 11.6. The Hall–Kier alpha value is -2.37. The van der Waals surface area contributed by atoms with Crippen molar-refractivity contribution in [2.45, 2.75) is 26.3 Å². The van der Waals surface area contributed by atoms with Gasteiger partial charge in [-0.1, -0.05) is 0 Å². The summed E-state index contributed by atoms with van der Waals surface area (Å²) in [5.41, 5.74) is 0.698. The molecule has 1 heterocycles. The molecule has 106 valence electrons. The summed E-state index contributed by atoms with van der Waals surface area (Å²) in [6, 6.07) is 4.63. The van der Waals surface area contributed by atoms with Crippen LogP contribution in [0.25, 0.3) is 0 Å². The minimum atomic E-state index is -1.01. The standard InChI is InChI=1S/C14H16N2O4/c1-8-6-9(12(18)19)4-5-10(8)16-7-11(17)15-13(20)14(16,2)3/h4-6H,7H2,1-3H3,(H,18,19)(H,15,17,20). The van der Waals surface area contributed by atoms with Crippen molar-refractivity contribution in [3.05, 3.63) is 29.3 Å². The Balaban J connectivity index is 2.46. The predicted molar refractivity (Wildman–Crippen MR) is 72.7 cm³/mol. The molecule has 0 bridgehead atoms. The molecule has 1 aromatic carbocycles. The van der Waals surface area contributed by atoms with Crippen molar-refractivity contribution < 1.29 is 19.5 Å². The number of carbonyl (C=O) groups is 3. The molecule has 0 aliphatic carbocycles. The number of hydrogen-bond acceptors (Lipinski definition) is 4. The highest BCUT2D eigenvalue weighted by Gasteiger charge is 2.41. The number of aromatic carboxylic acids is 1. The minimum absolute atomic E-state index is 0.0615. The van der Waals surface area contributed by atoms with E-state index in [9.17, 15) is 14.4 Å². The molecule has 1 aliphatic heterocycles. The van der Waals surface area contributed by atoms with Crippen LogP contribution in [0.1, 0.15) is 29.8 Å².